The second-order valence-electron chi connectivity index (χ2n) is 8.28. The number of aromatic nitrogens is 6. The van der Waals surface area contributed by atoms with E-state index in [4.69, 9.17) is 4.42 Å². The van der Waals surface area contributed by atoms with Gasteiger partial charge in [0.25, 0.3) is 0 Å². The molecule has 4 aromatic heterocycles. The van der Waals surface area contributed by atoms with Gasteiger partial charge in [-0.25, -0.2) is 38.3 Å². The molecule has 0 bridgehead atoms. The lowest BCUT2D eigenvalue weighted by Gasteiger charge is -2.07. The number of hydrogen-bond donors (Lipinski definition) is 1. The first-order chi connectivity index (χ1) is 18.0. The zero-order valence-corrected chi connectivity index (χ0v) is 20.1. The third-order valence-electron chi connectivity index (χ3n) is 5.72. The number of fused-ring (bicyclic) bond motifs is 3. The number of rotatable bonds is 7. The van der Waals surface area contributed by atoms with Crippen molar-refractivity contribution in [3.63, 3.8) is 0 Å². The molecular formula is C26H19N7O3S. The number of benzene rings is 2. The van der Waals surface area contributed by atoms with E-state index in [-0.39, 0.29) is 16.5 Å². The summed E-state index contributed by atoms with van der Waals surface area (Å²) in [5, 5.41) is 4.01. The number of nitrogens with one attached hydrogen (secondary N) is 1. The minimum atomic E-state index is -3.54. The highest BCUT2D eigenvalue weighted by Gasteiger charge is 2.17. The normalized spacial score (nSPS) is 11.7. The average molecular weight is 510 g/mol. The van der Waals surface area contributed by atoms with E-state index < -0.39 is 9.84 Å². The summed E-state index contributed by atoms with van der Waals surface area (Å²) in [6.45, 7) is 0. The first kappa shape index (κ1) is 22.7. The topological polar surface area (TPSA) is 137 Å². The summed E-state index contributed by atoms with van der Waals surface area (Å²) >= 11 is 0. The standard InChI is InChI=1S/C26H19N7O3S/c34-37(35,15-22-27-10-3-11-28-22)19-8-6-17(7-9-19)12-18-13-29-26(30-14-18)33-25-24-23(31-16-32-25)20-4-1-2-5-21(20)36-24/h1-11,13-14,16H,12,15H2,(H,29,30,31,32,33). The van der Waals surface area contributed by atoms with Crippen LogP contribution < -0.4 is 5.32 Å². The molecule has 0 amide bonds. The van der Waals surface area contributed by atoms with Gasteiger partial charge in [-0.1, -0.05) is 24.3 Å². The first-order valence-corrected chi connectivity index (χ1v) is 13.0. The molecule has 1 N–H and O–H groups in total. The maximum absolute atomic E-state index is 12.7. The van der Waals surface area contributed by atoms with Crippen molar-refractivity contribution in [2.75, 3.05) is 5.32 Å². The van der Waals surface area contributed by atoms with Crippen LogP contribution in [0.3, 0.4) is 0 Å². The highest BCUT2D eigenvalue weighted by Crippen LogP contribution is 2.31. The predicted octanol–water partition coefficient (Wildman–Crippen LogP) is 4.26. The Labute approximate surface area is 211 Å². The van der Waals surface area contributed by atoms with Gasteiger partial charge in [0.1, 0.15) is 29.0 Å². The summed E-state index contributed by atoms with van der Waals surface area (Å²) in [7, 11) is -3.54. The molecule has 0 aliphatic carbocycles. The lowest BCUT2D eigenvalue weighted by molar-refractivity contribution is 0.593. The second kappa shape index (κ2) is 9.36. The molecule has 0 aliphatic rings. The number of hydrogen-bond acceptors (Lipinski definition) is 10. The van der Waals surface area contributed by atoms with E-state index in [1.807, 2.05) is 24.3 Å². The van der Waals surface area contributed by atoms with Crippen LogP contribution in [0, 0.1) is 0 Å². The van der Waals surface area contributed by atoms with E-state index in [1.165, 1.54) is 18.7 Å². The fourth-order valence-corrected chi connectivity index (χ4v) is 5.14. The Balaban J connectivity index is 1.15. The fourth-order valence-electron chi connectivity index (χ4n) is 3.94. The van der Waals surface area contributed by atoms with Gasteiger partial charge in [0.15, 0.2) is 21.2 Å². The summed E-state index contributed by atoms with van der Waals surface area (Å²) in [5.41, 5.74) is 3.77. The Morgan fingerprint density at radius 2 is 1.54 bits per heavy atom. The smallest absolute Gasteiger partial charge is 0.228 e. The molecule has 6 aromatic rings. The van der Waals surface area contributed by atoms with Crippen LogP contribution >= 0.6 is 0 Å². The summed E-state index contributed by atoms with van der Waals surface area (Å²) in [5.74, 6) is 0.864. The Bertz CT molecular complexity index is 1810. The lowest BCUT2D eigenvalue weighted by Crippen LogP contribution is -2.08. The predicted molar refractivity (Wildman–Crippen MR) is 137 cm³/mol. The van der Waals surface area contributed by atoms with Crippen molar-refractivity contribution in [3.8, 4) is 0 Å². The Hall–Kier alpha value is -4.77. The third kappa shape index (κ3) is 4.71. The highest BCUT2D eigenvalue weighted by atomic mass is 32.2. The molecule has 0 spiro atoms. The maximum Gasteiger partial charge on any atom is 0.228 e. The van der Waals surface area contributed by atoms with Crippen LogP contribution in [0.5, 0.6) is 0 Å². The maximum atomic E-state index is 12.7. The van der Waals surface area contributed by atoms with Crippen LogP contribution in [0.25, 0.3) is 22.1 Å². The van der Waals surface area contributed by atoms with Gasteiger partial charge >= 0.3 is 0 Å². The Morgan fingerprint density at radius 1 is 0.784 bits per heavy atom. The summed E-state index contributed by atoms with van der Waals surface area (Å²) in [6, 6.07) is 16.1. The van der Waals surface area contributed by atoms with Gasteiger partial charge in [0.05, 0.1) is 4.90 Å². The largest absolute Gasteiger partial charge is 0.450 e. The molecule has 0 saturated heterocycles. The van der Waals surface area contributed by atoms with E-state index in [0.29, 0.717) is 29.3 Å². The van der Waals surface area contributed by atoms with Crippen molar-refractivity contribution in [1.82, 2.24) is 29.9 Å². The van der Waals surface area contributed by atoms with Crippen LogP contribution in [0.15, 0.2) is 95.0 Å². The van der Waals surface area contributed by atoms with E-state index in [2.05, 4.69) is 35.2 Å². The summed E-state index contributed by atoms with van der Waals surface area (Å²) < 4.78 is 31.3. The van der Waals surface area contributed by atoms with Crippen LogP contribution in [0.2, 0.25) is 0 Å². The van der Waals surface area contributed by atoms with Crippen molar-refractivity contribution in [2.45, 2.75) is 17.1 Å². The number of para-hydroxylation sites is 1. The third-order valence-corrected chi connectivity index (χ3v) is 7.35. The molecule has 0 unspecified atom stereocenters. The van der Waals surface area contributed by atoms with Gasteiger partial charge in [0, 0.05) is 36.6 Å². The van der Waals surface area contributed by atoms with Crippen LogP contribution in [-0.4, -0.2) is 38.3 Å². The van der Waals surface area contributed by atoms with Crippen molar-refractivity contribution in [3.05, 3.63) is 103 Å². The molecule has 37 heavy (non-hydrogen) atoms. The van der Waals surface area contributed by atoms with Gasteiger partial charge in [-0.2, -0.15) is 0 Å². The second-order valence-corrected chi connectivity index (χ2v) is 10.3. The van der Waals surface area contributed by atoms with Gasteiger partial charge in [0.2, 0.25) is 5.95 Å². The summed E-state index contributed by atoms with van der Waals surface area (Å²) in [4.78, 5) is 25.7. The zero-order chi connectivity index (χ0) is 25.2. The Kier molecular flexibility index (Phi) is 5.73. The molecule has 2 aromatic carbocycles. The SMILES string of the molecule is O=S(=O)(Cc1ncccn1)c1ccc(Cc2cnc(Nc3ncnc4c3oc3ccccc34)nc2)cc1. The number of furan rings is 1. The van der Waals surface area contributed by atoms with Crippen LogP contribution in [-0.2, 0) is 22.0 Å². The van der Waals surface area contributed by atoms with Gasteiger partial charge in [-0.15, -0.1) is 0 Å². The molecule has 182 valence electrons. The van der Waals surface area contributed by atoms with E-state index in [9.17, 15) is 8.42 Å². The average Bonchev–Trinajstić information content (AvgIpc) is 3.30. The van der Waals surface area contributed by atoms with E-state index in [0.717, 1.165) is 22.1 Å². The monoisotopic (exact) mass is 509 g/mol. The van der Waals surface area contributed by atoms with Crippen LogP contribution in [0.1, 0.15) is 17.0 Å². The van der Waals surface area contributed by atoms with Crippen molar-refractivity contribution in [2.24, 2.45) is 0 Å². The van der Waals surface area contributed by atoms with E-state index >= 15 is 0 Å². The minimum Gasteiger partial charge on any atom is -0.450 e. The van der Waals surface area contributed by atoms with Crippen molar-refractivity contribution < 1.29 is 12.8 Å². The Morgan fingerprint density at radius 3 is 2.32 bits per heavy atom. The summed E-state index contributed by atoms with van der Waals surface area (Å²) in [6.07, 6.45) is 8.49. The molecule has 11 heteroatoms. The first-order valence-electron chi connectivity index (χ1n) is 11.3. The fraction of sp³-hybridized carbons (Fsp3) is 0.0769. The molecule has 0 radical (unpaired) electrons. The van der Waals surface area contributed by atoms with E-state index in [1.54, 1.807) is 42.7 Å². The minimum absolute atomic E-state index is 0.223. The molecular weight excluding hydrogens is 490 g/mol. The molecule has 10 nitrogen and oxygen atoms in total. The molecule has 0 aliphatic heterocycles. The number of sulfone groups is 1. The molecule has 4 heterocycles. The van der Waals surface area contributed by atoms with Gasteiger partial charge in [-0.3, -0.25) is 0 Å². The zero-order valence-electron chi connectivity index (χ0n) is 19.3. The lowest BCUT2D eigenvalue weighted by atomic mass is 10.1. The number of nitrogens with zero attached hydrogens (tertiary/aromatic N) is 6. The van der Waals surface area contributed by atoms with Crippen molar-refractivity contribution in [1.29, 1.82) is 0 Å². The quantitative estimate of drug-likeness (QED) is 0.332. The molecule has 6 rings (SSSR count). The van der Waals surface area contributed by atoms with Crippen LogP contribution in [0.4, 0.5) is 11.8 Å². The van der Waals surface area contributed by atoms with Gasteiger partial charge in [-0.05, 0) is 41.5 Å². The highest BCUT2D eigenvalue weighted by molar-refractivity contribution is 7.90. The van der Waals surface area contributed by atoms with Gasteiger partial charge < -0.3 is 9.73 Å². The number of anilines is 2. The molecule has 0 saturated carbocycles. The van der Waals surface area contributed by atoms with Crippen molar-refractivity contribution >= 4 is 43.7 Å². The molecule has 0 fully saturated rings. The molecule has 0 atom stereocenters.